The van der Waals surface area contributed by atoms with Crippen molar-refractivity contribution in [1.82, 2.24) is 0 Å². The predicted molar refractivity (Wildman–Crippen MR) is 61.5 cm³/mol. The van der Waals surface area contributed by atoms with Gasteiger partial charge in [-0.3, -0.25) is 0 Å². The highest BCUT2D eigenvalue weighted by molar-refractivity contribution is 5.23. The first-order valence-electron chi connectivity index (χ1n) is 5.65. The van der Waals surface area contributed by atoms with Crippen LogP contribution in [0.25, 0.3) is 0 Å². The van der Waals surface area contributed by atoms with Crippen LogP contribution in [-0.4, -0.2) is 10.2 Å². The summed E-state index contributed by atoms with van der Waals surface area (Å²) in [4.78, 5) is 0. The molecule has 2 heteroatoms. The van der Waals surface area contributed by atoms with Gasteiger partial charge < -0.3 is 10.2 Å². The Morgan fingerprint density at radius 2 is 1.80 bits per heavy atom. The van der Waals surface area contributed by atoms with Gasteiger partial charge in [-0.1, -0.05) is 50.5 Å². The van der Waals surface area contributed by atoms with Gasteiger partial charge in [0.2, 0.25) is 0 Å². The Morgan fingerprint density at radius 1 is 1.13 bits per heavy atom. The highest BCUT2D eigenvalue weighted by Crippen LogP contribution is 2.19. The summed E-state index contributed by atoms with van der Waals surface area (Å²) in [5.74, 6) is 0. The molecule has 0 aliphatic rings. The molecule has 0 aliphatic carbocycles. The molecule has 0 saturated heterocycles. The van der Waals surface area contributed by atoms with Gasteiger partial charge in [-0.25, -0.2) is 0 Å². The van der Waals surface area contributed by atoms with Crippen molar-refractivity contribution in [2.24, 2.45) is 0 Å². The van der Waals surface area contributed by atoms with Crippen molar-refractivity contribution in [2.75, 3.05) is 0 Å². The molecule has 2 nitrogen and oxygen atoms in total. The molecule has 0 fully saturated rings. The number of benzene rings is 1. The molecule has 0 heterocycles. The number of aliphatic hydroxyl groups excluding tert-OH is 2. The Bertz CT molecular complexity index is 266. The number of aliphatic hydroxyl groups is 2. The lowest BCUT2D eigenvalue weighted by molar-refractivity contribution is 0.163. The zero-order valence-corrected chi connectivity index (χ0v) is 9.32. The lowest BCUT2D eigenvalue weighted by atomic mass is 10.0. The first-order valence-corrected chi connectivity index (χ1v) is 5.65. The van der Waals surface area contributed by atoms with Crippen LogP contribution < -0.4 is 0 Å². The fourth-order valence-electron chi connectivity index (χ4n) is 1.60. The number of rotatable bonds is 6. The van der Waals surface area contributed by atoms with Crippen LogP contribution in [0.4, 0.5) is 0 Å². The summed E-state index contributed by atoms with van der Waals surface area (Å²) in [5, 5.41) is 18.7. The zero-order chi connectivity index (χ0) is 11.1. The van der Waals surface area contributed by atoms with Gasteiger partial charge in [0.05, 0.1) is 12.7 Å². The van der Waals surface area contributed by atoms with Gasteiger partial charge >= 0.3 is 0 Å². The molecule has 1 atom stereocenters. The average molecular weight is 208 g/mol. The molecule has 0 radical (unpaired) electrons. The molecule has 2 N–H and O–H groups in total. The second kappa shape index (κ2) is 6.59. The fourth-order valence-corrected chi connectivity index (χ4v) is 1.60. The molecule has 0 saturated carbocycles. The summed E-state index contributed by atoms with van der Waals surface area (Å²) in [6.07, 6.45) is 3.89. The van der Waals surface area contributed by atoms with Gasteiger partial charge in [0.15, 0.2) is 0 Å². The van der Waals surface area contributed by atoms with E-state index in [1.807, 2.05) is 24.3 Å². The predicted octanol–water partition coefficient (Wildman–Crippen LogP) is 2.79. The van der Waals surface area contributed by atoms with Crippen LogP contribution in [0.15, 0.2) is 24.3 Å². The minimum atomic E-state index is -0.357. The van der Waals surface area contributed by atoms with Crippen LogP contribution >= 0.6 is 0 Å². The minimum Gasteiger partial charge on any atom is -0.392 e. The smallest absolute Gasteiger partial charge is 0.0790 e. The molecule has 0 aromatic heterocycles. The van der Waals surface area contributed by atoms with Crippen LogP contribution in [-0.2, 0) is 6.61 Å². The fraction of sp³-hybridized carbons (Fsp3) is 0.538. The first-order chi connectivity index (χ1) is 7.27. The maximum Gasteiger partial charge on any atom is 0.0790 e. The SMILES string of the molecule is CCCCCC(O)c1ccc(CO)cc1. The van der Waals surface area contributed by atoms with E-state index in [9.17, 15) is 5.11 Å². The van der Waals surface area contributed by atoms with E-state index in [0.717, 1.165) is 24.0 Å². The highest BCUT2D eigenvalue weighted by atomic mass is 16.3. The minimum absolute atomic E-state index is 0.0617. The quantitative estimate of drug-likeness (QED) is 0.706. The largest absolute Gasteiger partial charge is 0.392 e. The van der Waals surface area contributed by atoms with Crippen LogP contribution in [0.2, 0.25) is 0 Å². The molecule has 0 bridgehead atoms. The van der Waals surface area contributed by atoms with E-state index in [1.54, 1.807) is 0 Å². The Kier molecular flexibility index (Phi) is 5.37. The van der Waals surface area contributed by atoms with Crippen molar-refractivity contribution in [1.29, 1.82) is 0 Å². The standard InChI is InChI=1S/C13H20O2/c1-2-3-4-5-13(15)12-8-6-11(10-14)7-9-12/h6-9,13-15H,2-5,10H2,1H3. The molecule has 1 unspecified atom stereocenters. The zero-order valence-electron chi connectivity index (χ0n) is 9.32. The summed E-state index contributed by atoms with van der Waals surface area (Å²) in [6.45, 7) is 2.22. The van der Waals surface area contributed by atoms with Crippen LogP contribution in [0.5, 0.6) is 0 Å². The van der Waals surface area contributed by atoms with E-state index in [-0.39, 0.29) is 12.7 Å². The summed E-state index contributed by atoms with van der Waals surface area (Å²) < 4.78 is 0. The number of unbranched alkanes of at least 4 members (excludes halogenated alkanes) is 2. The molecule has 84 valence electrons. The lowest BCUT2D eigenvalue weighted by Crippen LogP contribution is -1.97. The van der Waals surface area contributed by atoms with Crippen molar-refractivity contribution in [3.63, 3.8) is 0 Å². The maximum atomic E-state index is 9.85. The van der Waals surface area contributed by atoms with E-state index in [0.29, 0.717) is 0 Å². The van der Waals surface area contributed by atoms with Gasteiger partial charge in [-0.2, -0.15) is 0 Å². The summed E-state index contributed by atoms with van der Waals surface area (Å²) >= 11 is 0. The first kappa shape index (κ1) is 12.2. The van der Waals surface area contributed by atoms with E-state index in [4.69, 9.17) is 5.11 Å². The maximum absolute atomic E-state index is 9.85. The summed E-state index contributed by atoms with van der Waals surface area (Å²) in [7, 11) is 0. The second-order valence-electron chi connectivity index (χ2n) is 3.91. The molecule has 0 spiro atoms. The molecule has 1 aromatic rings. The van der Waals surface area contributed by atoms with Gasteiger partial charge in [-0.15, -0.1) is 0 Å². The monoisotopic (exact) mass is 208 g/mol. The van der Waals surface area contributed by atoms with Crippen molar-refractivity contribution < 1.29 is 10.2 Å². The molecular formula is C13H20O2. The topological polar surface area (TPSA) is 40.5 Å². The molecule has 1 rings (SSSR count). The van der Waals surface area contributed by atoms with E-state index < -0.39 is 0 Å². The molecule has 15 heavy (non-hydrogen) atoms. The summed E-state index contributed by atoms with van der Waals surface area (Å²) in [5.41, 5.74) is 1.84. The Labute approximate surface area is 91.6 Å². The van der Waals surface area contributed by atoms with E-state index in [1.165, 1.54) is 12.8 Å². The Morgan fingerprint density at radius 3 is 2.33 bits per heavy atom. The van der Waals surface area contributed by atoms with Crippen LogP contribution in [0.3, 0.4) is 0 Å². The number of hydrogen-bond donors (Lipinski definition) is 2. The van der Waals surface area contributed by atoms with Gasteiger partial charge in [0.1, 0.15) is 0 Å². The molecule has 1 aromatic carbocycles. The summed E-state index contributed by atoms with van der Waals surface area (Å²) in [6, 6.07) is 7.50. The normalized spacial score (nSPS) is 12.7. The van der Waals surface area contributed by atoms with Gasteiger partial charge in [0, 0.05) is 0 Å². The second-order valence-corrected chi connectivity index (χ2v) is 3.91. The van der Waals surface area contributed by atoms with Gasteiger partial charge in [0.25, 0.3) is 0 Å². The highest BCUT2D eigenvalue weighted by Gasteiger charge is 2.06. The third-order valence-electron chi connectivity index (χ3n) is 2.63. The average Bonchev–Trinajstić information content (AvgIpc) is 2.29. The Balaban J connectivity index is 2.46. The number of hydrogen-bond acceptors (Lipinski definition) is 2. The molecular weight excluding hydrogens is 188 g/mol. The Hall–Kier alpha value is -0.860. The van der Waals surface area contributed by atoms with E-state index >= 15 is 0 Å². The van der Waals surface area contributed by atoms with Gasteiger partial charge in [-0.05, 0) is 17.5 Å². The van der Waals surface area contributed by atoms with Crippen molar-refractivity contribution in [3.8, 4) is 0 Å². The molecule has 0 amide bonds. The van der Waals surface area contributed by atoms with Crippen molar-refractivity contribution in [2.45, 2.75) is 45.3 Å². The van der Waals surface area contributed by atoms with Crippen molar-refractivity contribution >= 4 is 0 Å². The van der Waals surface area contributed by atoms with Crippen molar-refractivity contribution in [3.05, 3.63) is 35.4 Å². The van der Waals surface area contributed by atoms with Crippen LogP contribution in [0, 0.1) is 0 Å². The van der Waals surface area contributed by atoms with Crippen LogP contribution in [0.1, 0.15) is 49.8 Å². The third-order valence-corrected chi connectivity index (χ3v) is 2.63. The van der Waals surface area contributed by atoms with E-state index in [2.05, 4.69) is 6.92 Å². The third kappa shape index (κ3) is 4.02. The molecule has 0 aliphatic heterocycles. The lowest BCUT2D eigenvalue weighted by Gasteiger charge is -2.10.